The second-order valence-electron chi connectivity index (χ2n) is 10.1. The van der Waals surface area contributed by atoms with Crippen LogP contribution in [0.4, 0.5) is 10.5 Å². The molecule has 3 N–H and O–H groups in total. The number of nitrogens with one attached hydrogen (secondary N) is 2. The van der Waals surface area contributed by atoms with E-state index in [-0.39, 0.29) is 17.2 Å². The minimum absolute atomic E-state index is 0.0859. The van der Waals surface area contributed by atoms with Crippen LogP contribution in [0.15, 0.2) is 42.5 Å². The molecule has 0 fully saturated rings. The van der Waals surface area contributed by atoms with Gasteiger partial charge in [0, 0.05) is 18.3 Å². The van der Waals surface area contributed by atoms with E-state index in [1.54, 1.807) is 77.3 Å². The molecule has 0 spiro atoms. The van der Waals surface area contributed by atoms with Crippen LogP contribution in [0.2, 0.25) is 0 Å². The number of para-hydroxylation sites is 1. The number of amides is 3. The van der Waals surface area contributed by atoms with E-state index >= 15 is 0 Å². The zero-order valence-corrected chi connectivity index (χ0v) is 22.9. The summed E-state index contributed by atoms with van der Waals surface area (Å²) in [7, 11) is 3.03. The lowest BCUT2D eigenvalue weighted by Gasteiger charge is -2.34. The SMILES string of the molecule is CCC(C)C(NC(=O)OC(C)(C)C)C(=O)N(C)C(C(=O)Nc1ccc(OC)cc1)c1cccc(C)c1O. The van der Waals surface area contributed by atoms with E-state index in [2.05, 4.69) is 10.6 Å². The lowest BCUT2D eigenvalue weighted by molar-refractivity contribution is -0.140. The Morgan fingerprint density at radius 2 is 1.70 bits per heavy atom. The first-order chi connectivity index (χ1) is 17.3. The van der Waals surface area contributed by atoms with Gasteiger partial charge in [-0.05, 0) is 63.4 Å². The number of hydrogen-bond acceptors (Lipinski definition) is 6. The first kappa shape index (κ1) is 29.5. The van der Waals surface area contributed by atoms with E-state index in [0.29, 0.717) is 23.4 Å². The molecule has 0 aliphatic heterocycles. The average molecular weight is 514 g/mol. The van der Waals surface area contributed by atoms with Gasteiger partial charge in [-0.1, -0.05) is 38.5 Å². The third kappa shape index (κ3) is 7.87. The summed E-state index contributed by atoms with van der Waals surface area (Å²) >= 11 is 0. The monoisotopic (exact) mass is 513 g/mol. The third-order valence-electron chi connectivity index (χ3n) is 6.06. The Morgan fingerprint density at radius 1 is 1.08 bits per heavy atom. The largest absolute Gasteiger partial charge is 0.507 e. The molecule has 0 bridgehead atoms. The molecule has 9 nitrogen and oxygen atoms in total. The summed E-state index contributed by atoms with van der Waals surface area (Å²) in [4.78, 5) is 41.2. The summed E-state index contributed by atoms with van der Waals surface area (Å²) in [6.07, 6.45) is -0.129. The Balaban J connectivity index is 2.45. The van der Waals surface area contributed by atoms with Crippen molar-refractivity contribution in [2.75, 3.05) is 19.5 Å². The van der Waals surface area contributed by atoms with Crippen molar-refractivity contribution >= 4 is 23.6 Å². The fourth-order valence-corrected chi connectivity index (χ4v) is 3.78. The van der Waals surface area contributed by atoms with Crippen LogP contribution in [-0.4, -0.2) is 53.7 Å². The zero-order chi connectivity index (χ0) is 27.9. The van der Waals surface area contributed by atoms with Crippen LogP contribution >= 0.6 is 0 Å². The first-order valence-corrected chi connectivity index (χ1v) is 12.3. The van der Waals surface area contributed by atoms with Crippen molar-refractivity contribution in [1.29, 1.82) is 0 Å². The number of nitrogens with zero attached hydrogens (tertiary/aromatic N) is 1. The highest BCUT2D eigenvalue weighted by atomic mass is 16.6. The average Bonchev–Trinajstić information content (AvgIpc) is 2.83. The molecule has 2 aromatic carbocycles. The maximum absolute atomic E-state index is 13.8. The highest BCUT2D eigenvalue weighted by Gasteiger charge is 2.37. The number of carbonyl (C=O) groups excluding carboxylic acids is 3. The zero-order valence-electron chi connectivity index (χ0n) is 22.9. The molecule has 0 heterocycles. The number of phenolic OH excluding ortho intramolecular Hbond substituents is 1. The van der Waals surface area contributed by atoms with Gasteiger partial charge < -0.3 is 30.1 Å². The second kappa shape index (κ2) is 12.5. The standard InChI is InChI=1S/C28H39N3O6/c1-9-17(2)22(30-27(35)37-28(4,5)6)26(34)31(7)23(21-12-10-11-18(3)24(21)32)25(33)29-19-13-15-20(36-8)16-14-19/h10-17,22-23,32H,9H2,1-8H3,(H,29,33)(H,30,35). The van der Waals surface area contributed by atoms with E-state index < -0.39 is 35.6 Å². The van der Waals surface area contributed by atoms with Crippen molar-refractivity contribution < 1.29 is 29.0 Å². The summed E-state index contributed by atoms with van der Waals surface area (Å²) in [6, 6.07) is 9.65. The van der Waals surface area contributed by atoms with Gasteiger partial charge in [0.25, 0.3) is 5.91 Å². The molecule has 0 saturated carbocycles. The van der Waals surface area contributed by atoms with Crippen molar-refractivity contribution in [3.8, 4) is 11.5 Å². The predicted octanol–water partition coefficient (Wildman–Crippen LogP) is 4.79. The fourth-order valence-electron chi connectivity index (χ4n) is 3.78. The van der Waals surface area contributed by atoms with E-state index in [1.165, 1.54) is 11.9 Å². The van der Waals surface area contributed by atoms with Gasteiger partial charge in [-0.25, -0.2) is 4.79 Å². The Morgan fingerprint density at radius 3 is 2.24 bits per heavy atom. The highest BCUT2D eigenvalue weighted by Crippen LogP contribution is 2.33. The Bertz CT molecular complexity index is 1090. The van der Waals surface area contributed by atoms with Gasteiger partial charge in [0.2, 0.25) is 5.91 Å². The fraction of sp³-hybridized carbons (Fsp3) is 0.464. The van der Waals surface area contributed by atoms with Gasteiger partial charge in [0.15, 0.2) is 0 Å². The molecule has 37 heavy (non-hydrogen) atoms. The molecule has 0 aromatic heterocycles. The minimum atomic E-state index is -1.18. The molecular weight excluding hydrogens is 474 g/mol. The smallest absolute Gasteiger partial charge is 0.408 e. The number of hydrogen-bond donors (Lipinski definition) is 3. The topological polar surface area (TPSA) is 117 Å². The maximum atomic E-state index is 13.8. The van der Waals surface area contributed by atoms with Crippen LogP contribution in [0.1, 0.15) is 58.2 Å². The molecule has 0 aliphatic rings. The minimum Gasteiger partial charge on any atom is -0.507 e. The normalized spacial score (nSPS) is 13.6. The van der Waals surface area contributed by atoms with Crippen LogP contribution < -0.4 is 15.4 Å². The van der Waals surface area contributed by atoms with Crippen LogP contribution in [0.3, 0.4) is 0 Å². The predicted molar refractivity (Wildman–Crippen MR) is 143 cm³/mol. The third-order valence-corrected chi connectivity index (χ3v) is 6.06. The molecule has 3 amide bonds. The van der Waals surface area contributed by atoms with Gasteiger partial charge in [0.1, 0.15) is 29.2 Å². The van der Waals surface area contributed by atoms with Gasteiger partial charge in [-0.15, -0.1) is 0 Å². The van der Waals surface area contributed by atoms with E-state index in [0.717, 1.165) is 0 Å². The number of benzene rings is 2. The van der Waals surface area contributed by atoms with E-state index in [9.17, 15) is 19.5 Å². The molecule has 2 aromatic rings. The number of alkyl carbamates (subject to hydrolysis) is 1. The molecule has 9 heteroatoms. The summed E-state index contributed by atoms with van der Waals surface area (Å²) in [5.41, 5.74) is 0.579. The lowest BCUT2D eigenvalue weighted by Crippen LogP contribution is -2.53. The number of carbonyl (C=O) groups is 3. The summed E-state index contributed by atoms with van der Waals surface area (Å²) in [6.45, 7) is 10.7. The van der Waals surface area contributed by atoms with Crippen molar-refractivity contribution in [3.63, 3.8) is 0 Å². The number of likely N-dealkylation sites (N-methyl/N-ethyl adjacent to an activating group) is 1. The Kier molecular flexibility index (Phi) is 9.94. The molecule has 0 radical (unpaired) electrons. The number of methoxy groups -OCH3 is 1. The number of anilines is 1. The highest BCUT2D eigenvalue weighted by molar-refractivity contribution is 5.99. The molecule has 2 rings (SSSR count). The number of aryl methyl sites for hydroxylation is 1. The lowest BCUT2D eigenvalue weighted by atomic mass is 9.95. The number of phenols is 1. The molecular formula is C28H39N3O6. The number of aromatic hydroxyl groups is 1. The molecule has 0 aliphatic carbocycles. The van der Waals surface area contributed by atoms with E-state index in [4.69, 9.17) is 9.47 Å². The second-order valence-corrected chi connectivity index (χ2v) is 10.1. The Hall–Kier alpha value is -3.75. The number of rotatable bonds is 9. The summed E-state index contributed by atoms with van der Waals surface area (Å²) < 4.78 is 10.5. The first-order valence-electron chi connectivity index (χ1n) is 12.3. The Labute approximate surface area is 219 Å². The van der Waals surface area contributed by atoms with E-state index in [1.807, 2.05) is 13.8 Å². The molecule has 202 valence electrons. The van der Waals surface area contributed by atoms with Gasteiger partial charge in [-0.2, -0.15) is 0 Å². The van der Waals surface area contributed by atoms with Gasteiger partial charge in [-0.3, -0.25) is 9.59 Å². The van der Waals surface area contributed by atoms with Gasteiger partial charge >= 0.3 is 6.09 Å². The maximum Gasteiger partial charge on any atom is 0.408 e. The van der Waals surface area contributed by atoms with Crippen LogP contribution in [0, 0.1) is 12.8 Å². The molecule has 3 unspecified atom stereocenters. The van der Waals surface area contributed by atoms with Gasteiger partial charge in [0.05, 0.1) is 7.11 Å². The molecule has 3 atom stereocenters. The van der Waals surface area contributed by atoms with Crippen molar-refractivity contribution in [2.45, 2.75) is 65.6 Å². The summed E-state index contributed by atoms with van der Waals surface area (Å²) in [5.74, 6) is -0.725. The van der Waals surface area contributed by atoms with Crippen LogP contribution in [0.25, 0.3) is 0 Å². The van der Waals surface area contributed by atoms with Crippen LogP contribution in [0.5, 0.6) is 11.5 Å². The summed E-state index contributed by atoms with van der Waals surface area (Å²) in [5, 5.41) is 16.3. The quantitative estimate of drug-likeness (QED) is 0.444. The molecule has 0 saturated heterocycles. The van der Waals surface area contributed by atoms with Crippen molar-refractivity contribution in [3.05, 3.63) is 53.6 Å². The van der Waals surface area contributed by atoms with Crippen molar-refractivity contribution in [2.24, 2.45) is 5.92 Å². The van der Waals surface area contributed by atoms with Crippen LogP contribution in [-0.2, 0) is 14.3 Å². The number of ether oxygens (including phenoxy) is 2. The van der Waals surface area contributed by atoms with Crippen molar-refractivity contribution in [1.82, 2.24) is 10.2 Å².